The molecule has 9 nitrogen and oxygen atoms in total. The minimum atomic E-state index is -0.942. The monoisotopic (exact) mass is 388 g/mol. The Hall–Kier alpha value is -2.97. The first-order valence-electron chi connectivity index (χ1n) is 9.35. The predicted octanol–water partition coefficient (Wildman–Crippen LogP) is 2.65. The number of nitro benzene ring substituents is 1. The molecule has 1 aliphatic heterocycles. The Labute approximate surface area is 162 Å². The lowest BCUT2D eigenvalue weighted by molar-refractivity contribution is -0.384. The van der Waals surface area contributed by atoms with Crippen LogP contribution >= 0.6 is 0 Å². The molecule has 28 heavy (non-hydrogen) atoms. The summed E-state index contributed by atoms with van der Waals surface area (Å²) < 4.78 is 0. The first-order chi connectivity index (χ1) is 13.2. The number of hydrogen-bond donors (Lipinski definition) is 2. The van der Waals surface area contributed by atoms with Gasteiger partial charge in [0.1, 0.15) is 17.8 Å². The largest absolute Gasteiger partial charge is 0.325 e. The molecule has 0 unspecified atom stereocenters. The zero-order chi connectivity index (χ0) is 20.6. The zero-order valence-electron chi connectivity index (χ0n) is 16.2. The standard InChI is InChI=1S/C19H24N4O5/c1-11-8-14(15(23(27)28)9-12(11)2)20-16(24)10-22-17(25)19(21-18(22)26)7-5-4-6-13(19)3/h8-9,13H,4-7,10H2,1-3H3,(H,20,24)(H,21,26)/t13-,19-/m1/s1. The molecule has 1 saturated carbocycles. The molecule has 1 aliphatic carbocycles. The molecule has 1 aromatic rings. The van der Waals surface area contributed by atoms with Crippen molar-refractivity contribution < 1.29 is 19.3 Å². The van der Waals surface area contributed by atoms with E-state index in [2.05, 4.69) is 10.6 Å². The number of aryl methyl sites for hydroxylation is 2. The fourth-order valence-electron chi connectivity index (χ4n) is 4.02. The predicted molar refractivity (Wildman–Crippen MR) is 102 cm³/mol. The van der Waals surface area contributed by atoms with Gasteiger partial charge in [-0.1, -0.05) is 19.8 Å². The number of carbonyl (C=O) groups is 3. The highest BCUT2D eigenvalue weighted by molar-refractivity contribution is 6.10. The normalized spacial score (nSPS) is 24.4. The van der Waals surface area contributed by atoms with Gasteiger partial charge in [-0.05, 0) is 49.8 Å². The molecule has 2 fully saturated rings. The summed E-state index contributed by atoms with van der Waals surface area (Å²) in [5, 5.41) is 16.5. The topological polar surface area (TPSA) is 122 Å². The van der Waals surface area contributed by atoms with Crippen molar-refractivity contribution in [1.29, 1.82) is 0 Å². The van der Waals surface area contributed by atoms with Gasteiger partial charge in [0.05, 0.1) is 4.92 Å². The van der Waals surface area contributed by atoms with E-state index in [1.807, 2.05) is 6.92 Å². The van der Waals surface area contributed by atoms with Crippen LogP contribution in [0.15, 0.2) is 12.1 Å². The molecule has 0 aromatic heterocycles. The van der Waals surface area contributed by atoms with Crippen LogP contribution in [0.5, 0.6) is 0 Å². The Morgan fingerprint density at radius 1 is 1.32 bits per heavy atom. The number of nitrogens with zero attached hydrogens (tertiary/aromatic N) is 2. The van der Waals surface area contributed by atoms with E-state index < -0.39 is 34.9 Å². The van der Waals surface area contributed by atoms with Gasteiger partial charge in [-0.25, -0.2) is 4.79 Å². The molecule has 0 bridgehead atoms. The number of carbonyl (C=O) groups excluding carboxylic acids is 3. The van der Waals surface area contributed by atoms with Gasteiger partial charge >= 0.3 is 6.03 Å². The summed E-state index contributed by atoms with van der Waals surface area (Å²) in [6, 6.07) is 2.31. The first kappa shape index (κ1) is 19.8. The average molecular weight is 388 g/mol. The lowest BCUT2D eigenvalue weighted by atomic mass is 9.73. The molecule has 3 rings (SSSR count). The fraction of sp³-hybridized carbons (Fsp3) is 0.526. The molecule has 1 saturated heterocycles. The first-order valence-corrected chi connectivity index (χ1v) is 9.35. The summed E-state index contributed by atoms with van der Waals surface area (Å²) in [6.07, 6.45) is 3.23. The number of nitro groups is 1. The van der Waals surface area contributed by atoms with E-state index in [-0.39, 0.29) is 17.3 Å². The van der Waals surface area contributed by atoms with E-state index in [0.29, 0.717) is 6.42 Å². The van der Waals surface area contributed by atoms with E-state index in [4.69, 9.17) is 0 Å². The molecule has 150 valence electrons. The molecule has 1 aromatic carbocycles. The lowest BCUT2D eigenvalue weighted by Gasteiger charge is -2.36. The van der Waals surface area contributed by atoms with Crippen molar-refractivity contribution in [2.45, 2.75) is 52.0 Å². The maximum atomic E-state index is 12.9. The molecule has 1 heterocycles. The SMILES string of the molecule is Cc1cc(NC(=O)CN2C(=O)N[C@@]3(CCCC[C@H]3C)C2=O)c([N+](=O)[O-])cc1C. The van der Waals surface area contributed by atoms with E-state index in [9.17, 15) is 24.5 Å². The van der Waals surface area contributed by atoms with Crippen molar-refractivity contribution in [1.82, 2.24) is 10.2 Å². The second-order valence-electron chi connectivity index (χ2n) is 7.70. The maximum Gasteiger partial charge on any atom is 0.325 e. The number of amides is 4. The highest BCUT2D eigenvalue weighted by Gasteiger charge is 2.55. The van der Waals surface area contributed by atoms with Crippen molar-refractivity contribution in [3.8, 4) is 0 Å². The highest BCUT2D eigenvalue weighted by Crippen LogP contribution is 2.38. The Morgan fingerprint density at radius 2 is 2.00 bits per heavy atom. The molecule has 4 amide bonds. The molecular formula is C19H24N4O5. The van der Waals surface area contributed by atoms with Crippen molar-refractivity contribution in [2.75, 3.05) is 11.9 Å². The maximum absolute atomic E-state index is 12.9. The molecule has 9 heteroatoms. The van der Waals surface area contributed by atoms with Crippen LogP contribution in [0.2, 0.25) is 0 Å². The zero-order valence-corrected chi connectivity index (χ0v) is 16.2. The van der Waals surface area contributed by atoms with Gasteiger partial charge in [-0.2, -0.15) is 0 Å². The Balaban J connectivity index is 1.77. The summed E-state index contributed by atoms with van der Waals surface area (Å²) in [5.74, 6) is -1.06. The number of anilines is 1. The van der Waals surface area contributed by atoms with Gasteiger partial charge in [0.2, 0.25) is 5.91 Å². The molecular weight excluding hydrogens is 364 g/mol. The van der Waals surface area contributed by atoms with Gasteiger partial charge < -0.3 is 10.6 Å². The Morgan fingerprint density at radius 3 is 2.64 bits per heavy atom. The molecule has 0 radical (unpaired) electrons. The van der Waals surface area contributed by atoms with Crippen molar-refractivity contribution in [3.63, 3.8) is 0 Å². The van der Waals surface area contributed by atoms with Crippen LogP contribution in [0.1, 0.15) is 43.7 Å². The number of urea groups is 1. The highest BCUT2D eigenvalue weighted by atomic mass is 16.6. The minimum absolute atomic E-state index is 0.00778. The minimum Gasteiger partial charge on any atom is -0.323 e. The summed E-state index contributed by atoms with van der Waals surface area (Å²) in [5.41, 5.74) is 0.386. The number of hydrogen-bond acceptors (Lipinski definition) is 5. The third kappa shape index (κ3) is 3.32. The van der Waals surface area contributed by atoms with E-state index in [0.717, 1.165) is 35.3 Å². The van der Waals surface area contributed by atoms with Crippen LogP contribution in [0.3, 0.4) is 0 Å². The molecule has 2 aliphatic rings. The van der Waals surface area contributed by atoms with Crippen LogP contribution in [0, 0.1) is 29.9 Å². The lowest BCUT2D eigenvalue weighted by Crippen LogP contribution is -2.54. The Kier molecular flexibility index (Phi) is 5.10. The summed E-state index contributed by atoms with van der Waals surface area (Å²) in [4.78, 5) is 49.4. The smallest absolute Gasteiger partial charge is 0.323 e. The number of nitrogens with one attached hydrogen (secondary N) is 2. The van der Waals surface area contributed by atoms with Crippen molar-refractivity contribution in [2.24, 2.45) is 5.92 Å². The average Bonchev–Trinajstić information content (AvgIpc) is 2.85. The fourth-order valence-corrected chi connectivity index (χ4v) is 4.02. The van der Waals surface area contributed by atoms with Crippen LogP contribution in [0.25, 0.3) is 0 Å². The molecule has 1 spiro atoms. The molecule has 2 atom stereocenters. The molecule has 2 N–H and O–H groups in total. The third-order valence-corrected chi connectivity index (χ3v) is 5.89. The van der Waals surface area contributed by atoms with Gasteiger partial charge in [0.25, 0.3) is 11.6 Å². The number of benzene rings is 1. The summed E-state index contributed by atoms with van der Waals surface area (Å²) in [7, 11) is 0. The van der Waals surface area contributed by atoms with Crippen LogP contribution < -0.4 is 10.6 Å². The number of imide groups is 1. The summed E-state index contributed by atoms with van der Waals surface area (Å²) in [6.45, 7) is 4.97. The van der Waals surface area contributed by atoms with Crippen LogP contribution in [-0.4, -0.2) is 39.8 Å². The van der Waals surface area contributed by atoms with Gasteiger partial charge in [-0.3, -0.25) is 24.6 Å². The van der Waals surface area contributed by atoms with Gasteiger partial charge in [-0.15, -0.1) is 0 Å². The van der Waals surface area contributed by atoms with E-state index in [1.54, 1.807) is 13.8 Å². The second-order valence-corrected chi connectivity index (χ2v) is 7.70. The number of rotatable bonds is 4. The summed E-state index contributed by atoms with van der Waals surface area (Å²) >= 11 is 0. The van der Waals surface area contributed by atoms with Crippen molar-refractivity contribution in [3.05, 3.63) is 33.4 Å². The van der Waals surface area contributed by atoms with Crippen LogP contribution in [-0.2, 0) is 9.59 Å². The van der Waals surface area contributed by atoms with Crippen molar-refractivity contribution >= 4 is 29.2 Å². The van der Waals surface area contributed by atoms with Gasteiger partial charge in [0, 0.05) is 6.07 Å². The van der Waals surface area contributed by atoms with Gasteiger partial charge in [0.15, 0.2) is 0 Å². The van der Waals surface area contributed by atoms with Crippen LogP contribution in [0.4, 0.5) is 16.2 Å². The second kappa shape index (κ2) is 7.21. The van der Waals surface area contributed by atoms with E-state index >= 15 is 0 Å². The third-order valence-electron chi connectivity index (χ3n) is 5.89. The quantitative estimate of drug-likeness (QED) is 0.466. The Bertz CT molecular complexity index is 868. The van der Waals surface area contributed by atoms with E-state index in [1.165, 1.54) is 12.1 Å².